The standard InChI is InChI=1S/C22H25FN8O2/c1-12(2)31-19(25)17(27-22(32)33-3)18(24)28-21(31)16-14-8-6-10-26-20(14)30(29-16)11-13-7-4-5-9-15(13)23/h4-10,12,17,19,24H,11,25H2,1-3H3,(H,27,32). The predicted molar refractivity (Wildman–Crippen MR) is 122 cm³/mol. The van der Waals surface area contributed by atoms with Crippen LogP contribution in [-0.2, 0) is 11.3 Å². The molecule has 0 radical (unpaired) electrons. The Morgan fingerprint density at radius 3 is 2.76 bits per heavy atom. The quantitative estimate of drug-likeness (QED) is 0.543. The number of aromatic nitrogens is 3. The lowest BCUT2D eigenvalue weighted by Gasteiger charge is -2.41. The van der Waals surface area contributed by atoms with E-state index in [0.717, 1.165) is 0 Å². The number of nitrogens with two attached hydrogens (primary N) is 1. The molecular weight excluding hydrogens is 427 g/mol. The van der Waals surface area contributed by atoms with Crippen molar-refractivity contribution in [3.05, 3.63) is 59.7 Å². The molecule has 0 saturated carbocycles. The Morgan fingerprint density at radius 2 is 2.06 bits per heavy atom. The fraction of sp³-hybridized carbons (Fsp3) is 0.318. The Balaban J connectivity index is 1.82. The van der Waals surface area contributed by atoms with Gasteiger partial charge < -0.3 is 20.7 Å². The van der Waals surface area contributed by atoms with Crippen LogP contribution in [0.2, 0.25) is 0 Å². The summed E-state index contributed by atoms with van der Waals surface area (Å²) in [5.41, 5.74) is 7.97. The third-order valence-electron chi connectivity index (χ3n) is 5.44. The van der Waals surface area contributed by atoms with Gasteiger partial charge in [0, 0.05) is 17.8 Å². The van der Waals surface area contributed by atoms with Crippen molar-refractivity contribution >= 4 is 28.8 Å². The number of carbonyl (C=O) groups excluding carboxylic acids is 1. The number of alkyl carbamates (subject to hydrolysis) is 1. The van der Waals surface area contributed by atoms with Crippen molar-refractivity contribution in [2.24, 2.45) is 10.7 Å². The third-order valence-corrected chi connectivity index (χ3v) is 5.44. The van der Waals surface area contributed by atoms with Gasteiger partial charge in [0.25, 0.3) is 0 Å². The molecule has 1 amide bonds. The first-order chi connectivity index (χ1) is 15.8. The van der Waals surface area contributed by atoms with Crippen LogP contribution in [0.15, 0.2) is 47.6 Å². The molecule has 1 aliphatic heterocycles. The molecule has 33 heavy (non-hydrogen) atoms. The summed E-state index contributed by atoms with van der Waals surface area (Å²) in [6, 6.07) is 9.11. The number of carbonyl (C=O) groups is 1. The first kappa shape index (κ1) is 22.3. The van der Waals surface area contributed by atoms with Crippen LogP contribution in [0.1, 0.15) is 25.1 Å². The summed E-state index contributed by atoms with van der Waals surface area (Å²) in [5.74, 6) is -0.0748. The zero-order valence-corrected chi connectivity index (χ0v) is 18.5. The molecule has 4 rings (SSSR count). The Bertz CT molecular complexity index is 1240. The summed E-state index contributed by atoms with van der Waals surface area (Å²) in [6.07, 6.45) is 0.150. The van der Waals surface area contributed by atoms with Gasteiger partial charge >= 0.3 is 6.09 Å². The van der Waals surface area contributed by atoms with Gasteiger partial charge in [0.15, 0.2) is 11.5 Å². The SMILES string of the molecule is COC(=O)NC1C(=N)N=C(c2nn(Cc3ccccc3F)c3ncccc23)N(C(C)C)C1N. The number of hydrogen-bond donors (Lipinski definition) is 3. The third kappa shape index (κ3) is 4.14. The second-order valence-electron chi connectivity index (χ2n) is 7.90. The molecule has 172 valence electrons. The fourth-order valence-corrected chi connectivity index (χ4v) is 3.88. The minimum atomic E-state index is -0.867. The van der Waals surface area contributed by atoms with Gasteiger partial charge in [0.1, 0.15) is 29.6 Å². The highest BCUT2D eigenvalue weighted by Crippen LogP contribution is 2.25. The highest BCUT2D eigenvalue weighted by Gasteiger charge is 2.39. The van der Waals surface area contributed by atoms with Gasteiger partial charge in [0.05, 0.1) is 19.0 Å². The molecule has 0 bridgehead atoms. The van der Waals surface area contributed by atoms with Crippen molar-refractivity contribution < 1.29 is 13.9 Å². The summed E-state index contributed by atoms with van der Waals surface area (Å²) in [5, 5.41) is 16.4. The van der Waals surface area contributed by atoms with Crippen LogP contribution in [0.4, 0.5) is 9.18 Å². The predicted octanol–water partition coefficient (Wildman–Crippen LogP) is 2.08. The van der Waals surface area contributed by atoms with Crippen molar-refractivity contribution in [1.29, 1.82) is 5.41 Å². The minimum Gasteiger partial charge on any atom is -0.453 e. The van der Waals surface area contributed by atoms with Gasteiger partial charge in [-0.2, -0.15) is 5.10 Å². The largest absolute Gasteiger partial charge is 0.453 e. The molecule has 10 nitrogen and oxygen atoms in total. The number of nitrogens with one attached hydrogen (secondary N) is 2. The van der Waals surface area contributed by atoms with Gasteiger partial charge in [-0.3, -0.25) is 5.41 Å². The number of fused-ring (bicyclic) bond motifs is 1. The molecule has 3 heterocycles. The maximum Gasteiger partial charge on any atom is 0.407 e. The number of pyridine rings is 1. The van der Waals surface area contributed by atoms with Gasteiger partial charge in [-0.1, -0.05) is 18.2 Å². The first-order valence-electron chi connectivity index (χ1n) is 10.4. The molecule has 3 aromatic rings. The van der Waals surface area contributed by atoms with Crippen molar-refractivity contribution in [3.63, 3.8) is 0 Å². The smallest absolute Gasteiger partial charge is 0.407 e. The second-order valence-corrected chi connectivity index (χ2v) is 7.90. The van der Waals surface area contributed by atoms with E-state index < -0.39 is 18.3 Å². The summed E-state index contributed by atoms with van der Waals surface area (Å²) >= 11 is 0. The van der Waals surface area contributed by atoms with Crippen molar-refractivity contribution in [2.75, 3.05) is 7.11 Å². The maximum absolute atomic E-state index is 14.3. The Kier molecular flexibility index (Phi) is 6.05. The van der Waals surface area contributed by atoms with Crippen molar-refractivity contribution in [3.8, 4) is 0 Å². The van der Waals surface area contributed by atoms with Gasteiger partial charge in [0.2, 0.25) is 0 Å². The molecule has 2 unspecified atom stereocenters. The lowest BCUT2D eigenvalue weighted by molar-refractivity contribution is 0.159. The van der Waals surface area contributed by atoms with Gasteiger partial charge in [-0.05, 0) is 32.0 Å². The van der Waals surface area contributed by atoms with E-state index in [1.54, 1.807) is 40.0 Å². The molecule has 4 N–H and O–H groups in total. The molecule has 2 aromatic heterocycles. The molecule has 1 aromatic carbocycles. The minimum absolute atomic E-state index is 0.125. The average Bonchev–Trinajstić information content (AvgIpc) is 3.15. The van der Waals surface area contributed by atoms with Crippen LogP contribution in [-0.4, -0.2) is 62.8 Å². The van der Waals surface area contributed by atoms with E-state index in [4.69, 9.17) is 16.2 Å². The highest BCUT2D eigenvalue weighted by molar-refractivity contribution is 6.14. The van der Waals surface area contributed by atoms with Crippen molar-refractivity contribution in [2.45, 2.75) is 38.6 Å². The van der Waals surface area contributed by atoms with Crippen LogP contribution in [0.25, 0.3) is 11.0 Å². The number of aliphatic imine (C=N–C) groups is 1. The van der Waals surface area contributed by atoms with E-state index in [1.807, 2.05) is 19.9 Å². The van der Waals surface area contributed by atoms with Crippen LogP contribution in [0.5, 0.6) is 0 Å². The second kappa shape index (κ2) is 8.94. The van der Waals surface area contributed by atoms with E-state index in [-0.39, 0.29) is 24.2 Å². The summed E-state index contributed by atoms with van der Waals surface area (Å²) in [6.45, 7) is 4.03. The zero-order valence-electron chi connectivity index (χ0n) is 18.5. The number of amides is 1. The van der Waals surface area contributed by atoms with Crippen LogP contribution in [0, 0.1) is 11.2 Å². The van der Waals surface area contributed by atoms with Gasteiger partial charge in [-0.15, -0.1) is 0 Å². The molecule has 0 aliphatic carbocycles. The Hall–Kier alpha value is -3.86. The fourth-order valence-electron chi connectivity index (χ4n) is 3.88. The lowest BCUT2D eigenvalue weighted by Crippen LogP contribution is -2.65. The van der Waals surface area contributed by atoms with E-state index in [9.17, 15) is 9.18 Å². The number of benzene rings is 1. The number of rotatable bonds is 5. The molecule has 0 saturated heterocycles. The normalized spacial score (nSPS) is 18.5. The number of hydrogen-bond acceptors (Lipinski definition) is 7. The Morgan fingerprint density at radius 1 is 1.30 bits per heavy atom. The highest BCUT2D eigenvalue weighted by atomic mass is 19.1. The summed E-state index contributed by atoms with van der Waals surface area (Å²) in [7, 11) is 1.24. The topological polar surface area (TPSA) is 135 Å². The summed E-state index contributed by atoms with van der Waals surface area (Å²) in [4.78, 5) is 22.5. The van der Waals surface area contributed by atoms with Crippen LogP contribution in [0.3, 0.4) is 0 Å². The summed E-state index contributed by atoms with van der Waals surface area (Å²) < 4.78 is 20.6. The van der Waals surface area contributed by atoms with Crippen LogP contribution >= 0.6 is 0 Å². The van der Waals surface area contributed by atoms with E-state index in [1.165, 1.54) is 13.2 Å². The van der Waals surface area contributed by atoms with Gasteiger partial charge in [-0.25, -0.2) is 23.8 Å². The average molecular weight is 452 g/mol. The molecule has 0 spiro atoms. The lowest BCUT2D eigenvalue weighted by atomic mass is 10.1. The zero-order chi connectivity index (χ0) is 23.7. The van der Waals surface area contributed by atoms with E-state index in [0.29, 0.717) is 28.1 Å². The Labute approximate surface area is 189 Å². The molecule has 1 aliphatic rings. The first-order valence-corrected chi connectivity index (χ1v) is 10.4. The number of amidine groups is 2. The number of halogens is 1. The number of nitrogens with zero attached hydrogens (tertiary/aromatic N) is 5. The van der Waals surface area contributed by atoms with E-state index >= 15 is 0 Å². The molecular formula is C22H25FN8O2. The number of ether oxygens (including phenoxy) is 1. The molecule has 0 fully saturated rings. The monoisotopic (exact) mass is 452 g/mol. The maximum atomic E-state index is 14.3. The molecule has 11 heteroatoms. The number of methoxy groups -OCH3 is 1. The van der Waals surface area contributed by atoms with Crippen molar-refractivity contribution in [1.82, 2.24) is 25.0 Å². The van der Waals surface area contributed by atoms with Crippen LogP contribution < -0.4 is 11.1 Å². The molecule has 2 atom stereocenters. The van der Waals surface area contributed by atoms with E-state index in [2.05, 4.69) is 20.0 Å².